The topological polar surface area (TPSA) is 0 Å². The molecule has 0 aliphatic rings. The van der Waals surface area contributed by atoms with Crippen LogP contribution in [0.3, 0.4) is 0 Å². The molecule has 0 saturated heterocycles. The summed E-state index contributed by atoms with van der Waals surface area (Å²) in [5.74, 6) is 1.13. The average Bonchev–Trinajstić information content (AvgIpc) is 2.60. The van der Waals surface area contributed by atoms with E-state index in [-0.39, 0.29) is 37.7 Å². The van der Waals surface area contributed by atoms with Crippen LogP contribution in [0.25, 0.3) is 0 Å². The van der Waals surface area contributed by atoms with Crippen LogP contribution in [0, 0.1) is 0 Å². The van der Waals surface area contributed by atoms with Crippen molar-refractivity contribution in [3.05, 3.63) is 58.1 Å². The molecule has 2 rings (SSSR count). The summed E-state index contributed by atoms with van der Waals surface area (Å²) in [5, 5.41) is 3.35. The van der Waals surface area contributed by atoms with E-state index in [1.54, 1.807) is 38.2 Å². The summed E-state index contributed by atoms with van der Waals surface area (Å²) in [6.45, 7) is 32.3. The van der Waals surface area contributed by atoms with Crippen molar-refractivity contribution in [1.82, 2.24) is 0 Å². The van der Waals surface area contributed by atoms with E-state index in [4.69, 9.17) is 0 Å². The summed E-state index contributed by atoms with van der Waals surface area (Å²) >= 11 is 0. The fourth-order valence-electron chi connectivity index (χ4n) is 4.96. The van der Waals surface area contributed by atoms with E-state index in [2.05, 4.69) is 117 Å². The summed E-state index contributed by atoms with van der Waals surface area (Å²) in [7, 11) is -2.91. The predicted molar refractivity (Wildman–Crippen MR) is 167 cm³/mol. The van der Waals surface area contributed by atoms with Crippen LogP contribution in [-0.4, -0.2) is 33.7 Å². The van der Waals surface area contributed by atoms with Gasteiger partial charge in [-0.2, -0.15) is 0 Å². The first kappa shape index (κ1) is 36.5. The molecule has 0 unspecified atom stereocenters. The van der Waals surface area contributed by atoms with E-state index in [1.165, 1.54) is 18.1 Å². The second-order valence-corrected chi connectivity index (χ2v) is 32.4. The van der Waals surface area contributed by atoms with Crippen molar-refractivity contribution in [2.45, 2.75) is 117 Å². The van der Waals surface area contributed by atoms with Crippen molar-refractivity contribution in [1.29, 1.82) is 0 Å². The Morgan fingerprint density at radius 2 is 0.944 bits per heavy atom. The minimum atomic E-state index is -1.25. The maximum Gasteiger partial charge on any atom is 1.00 e. The molecule has 0 atom stereocenters. The van der Waals surface area contributed by atoms with Gasteiger partial charge in [0.05, 0.1) is 0 Å². The van der Waals surface area contributed by atoms with Crippen molar-refractivity contribution in [2.24, 2.45) is 0 Å². The van der Waals surface area contributed by atoms with Gasteiger partial charge < -0.3 is 9.52 Å². The first-order chi connectivity index (χ1) is 15.4. The standard InChI is InChI=1S/C30H52Si4.2Li/c1-22(2)27-15-14-16-28(23(3)4)30(27)31-29-25(20-33(8,9)10)17-24(19-32(5,6)7)18-26(29)21-34(11,12)13;;/h14-18,22-23H,19-21H2,1-13H3;;/q-1;2*+1. The summed E-state index contributed by atoms with van der Waals surface area (Å²) < 4.78 is 0. The van der Waals surface area contributed by atoms with E-state index >= 15 is 0 Å². The van der Waals surface area contributed by atoms with Crippen LogP contribution in [0.2, 0.25) is 58.9 Å². The van der Waals surface area contributed by atoms with Crippen LogP contribution in [0.15, 0.2) is 30.3 Å². The zero-order valence-corrected chi connectivity index (χ0v) is 30.7. The third-order valence-electron chi connectivity index (χ3n) is 6.16. The smallest absolute Gasteiger partial charge is 0.395 e. The average molecular weight is 539 g/mol. The van der Waals surface area contributed by atoms with E-state index in [9.17, 15) is 0 Å². The molecule has 0 bridgehead atoms. The SMILES string of the molecule is CC(C)c1cccc(C(C)C)c1[Si-]c1c(C[Si](C)(C)C)cc(C[Si](C)(C)C)cc1C[Si](C)(C)C.[Li+].[Li+]. The Bertz CT molecular complexity index is 915. The zero-order valence-electron chi connectivity index (χ0n) is 26.7. The van der Waals surface area contributed by atoms with Crippen LogP contribution >= 0.6 is 0 Å². The van der Waals surface area contributed by atoms with Crippen LogP contribution in [0.5, 0.6) is 0 Å². The van der Waals surface area contributed by atoms with Gasteiger partial charge in [0.2, 0.25) is 0 Å². The normalized spacial score (nSPS) is 12.4. The maximum atomic E-state index is 2.65. The van der Waals surface area contributed by atoms with Gasteiger partial charge >= 0.3 is 37.7 Å². The number of hydrogen-bond acceptors (Lipinski definition) is 0. The molecule has 0 N–H and O–H groups in total. The van der Waals surface area contributed by atoms with Gasteiger partial charge in [-0.25, -0.2) is 10.4 Å². The zero-order chi connectivity index (χ0) is 26.1. The Labute approximate surface area is 254 Å². The number of hydrogen-bond donors (Lipinski definition) is 0. The number of rotatable bonds is 10. The summed E-state index contributed by atoms with van der Waals surface area (Å²) in [4.78, 5) is 0. The first-order valence-electron chi connectivity index (χ1n) is 13.4. The Hall–Kier alpha value is 0.502. The molecule has 1 radical (unpaired) electrons. The van der Waals surface area contributed by atoms with Crippen molar-refractivity contribution in [3.63, 3.8) is 0 Å². The van der Waals surface area contributed by atoms with E-state index in [0.717, 1.165) is 9.52 Å². The number of benzene rings is 2. The molecule has 0 saturated carbocycles. The second-order valence-electron chi connectivity index (χ2n) is 14.7. The van der Waals surface area contributed by atoms with E-state index < -0.39 is 24.2 Å². The van der Waals surface area contributed by atoms with Crippen molar-refractivity contribution < 1.29 is 37.7 Å². The van der Waals surface area contributed by atoms with Crippen LogP contribution in [0.1, 0.15) is 67.3 Å². The minimum Gasteiger partial charge on any atom is -0.395 e. The van der Waals surface area contributed by atoms with Gasteiger partial charge in [0.1, 0.15) is 0 Å². The van der Waals surface area contributed by atoms with E-state index in [1.807, 2.05) is 0 Å². The van der Waals surface area contributed by atoms with Crippen LogP contribution < -0.4 is 48.1 Å². The molecule has 0 nitrogen and oxygen atoms in total. The quantitative estimate of drug-likeness (QED) is 0.405. The molecular weight excluding hydrogens is 487 g/mol. The first-order valence-corrected chi connectivity index (χ1v) is 25.5. The Morgan fingerprint density at radius 1 is 0.583 bits per heavy atom. The molecular formula is C30H52Li2Si4+. The van der Waals surface area contributed by atoms with Gasteiger partial charge in [0.25, 0.3) is 0 Å². The predicted octanol–water partition coefficient (Wildman–Crippen LogP) is 1.86. The van der Waals surface area contributed by atoms with Crippen LogP contribution in [0.4, 0.5) is 0 Å². The molecule has 0 spiro atoms. The van der Waals surface area contributed by atoms with Crippen LogP contribution in [-0.2, 0) is 18.1 Å². The molecule has 36 heavy (non-hydrogen) atoms. The minimum absolute atomic E-state index is 0. The largest absolute Gasteiger partial charge is 1.00 e. The maximum absolute atomic E-state index is 2.65. The molecule has 0 aliphatic heterocycles. The molecule has 0 aliphatic carbocycles. The molecule has 0 aromatic heterocycles. The van der Waals surface area contributed by atoms with Gasteiger partial charge in [0, 0.05) is 24.2 Å². The monoisotopic (exact) mass is 538 g/mol. The van der Waals surface area contributed by atoms with Gasteiger partial charge in [-0.3, -0.25) is 0 Å². The van der Waals surface area contributed by atoms with Gasteiger partial charge in [0.15, 0.2) is 0 Å². The van der Waals surface area contributed by atoms with Gasteiger partial charge in [-0.05, 0) is 30.0 Å². The van der Waals surface area contributed by atoms with Crippen molar-refractivity contribution >= 4 is 44.1 Å². The fourth-order valence-corrected chi connectivity index (χ4v) is 11.5. The molecule has 0 heterocycles. The van der Waals surface area contributed by atoms with Crippen molar-refractivity contribution in [3.8, 4) is 0 Å². The second kappa shape index (κ2) is 14.2. The van der Waals surface area contributed by atoms with Crippen molar-refractivity contribution in [2.75, 3.05) is 0 Å². The van der Waals surface area contributed by atoms with Gasteiger partial charge in [-0.1, -0.05) is 145 Å². The molecule has 2 aromatic carbocycles. The Kier molecular flexibility index (Phi) is 14.4. The molecule has 6 heteroatoms. The van der Waals surface area contributed by atoms with E-state index in [0.29, 0.717) is 11.8 Å². The molecule has 0 amide bonds. The molecule has 0 fully saturated rings. The summed E-state index contributed by atoms with van der Waals surface area (Å²) in [6.07, 6.45) is 0. The van der Waals surface area contributed by atoms with Gasteiger partial charge in [-0.15, -0.1) is 0 Å². The summed E-state index contributed by atoms with van der Waals surface area (Å²) in [6, 6.07) is 16.3. The molecule has 2 aromatic rings. The molecule has 189 valence electrons. The fraction of sp³-hybridized carbons (Fsp3) is 0.600. The third kappa shape index (κ3) is 11.7. The Balaban J connectivity index is 0.00000612. The third-order valence-corrected chi connectivity index (χ3v) is 12.2. The summed E-state index contributed by atoms with van der Waals surface area (Å²) in [5.41, 5.74) is 8.13. The Morgan fingerprint density at radius 3 is 1.25 bits per heavy atom.